The predicted molar refractivity (Wildman–Crippen MR) is 76.4 cm³/mol. The number of carbonyl (C=O) groups excluding carboxylic acids is 1. The third-order valence-electron chi connectivity index (χ3n) is 3.58. The lowest BCUT2D eigenvalue weighted by Crippen LogP contribution is -2.39. The molecule has 0 bridgehead atoms. The van der Waals surface area contributed by atoms with Gasteiger partial charge in [-0.3, -0.25) is 14.9 Å². The van der Waals surface area contributed by atoms with Crippen molar-refractivity contribution >= 4 is 23.2 Å². The van der Waals surface area contributed by atoms with E-state index in [1.807, 2.05) is 0 Å². The molecule has 2 heterocycles. The summed E-state index contributed by atoms with van der Waals surface area (Å²) in [6, 6.07) is 1.25. The zero-order chi connectivity index (χ0) is 15.4. The number of nitrogens with zero attached hydrogens (tertiary/aromatic N) is 3. The van der Waals surface area contributed by atoms with Crippen molar-refractivity contribution in [3.63, 3.8) is 0 Å². The van der Waals surface area contributed by atoms with Gasteiger partial charge in [0.2, 0.25) is 0 Å². The standard InChI is InChI=1S/C13H16ClN3O4/c1-21-8-9-2-4-16(5-3-9)13(18)10-6-12(14)15-7-11(10)17(19)20/h6-7,9H,2-5,8H2,1H3. The molecular formula is C13H16ClN3O4. The number of piperidine rings is 1. The van der Waals surface area contributed by atoms with Gasteiger partial charge in [0.1, 0.15) is 16.9 Å². The Morgan fingerprint density at radius 1 is 1.57 bits per heavy atom. The summed E-state index contributed by atoms with van der Waals surface area (Å²) in [7, 11) is 1.65. The van der Waals surface area contributed by atoms with Crippen LogP contribution in [0.3, 0.4) is 0 Å². The number of carbonyl (C=O) groups is 1. The first-order valence-electron chi connectivity index (χ1n) is 6.61. The number of rotatable bonds is 4. The maximum atomic E-state index is 12.4. The number of pyridine rings is 1. The number of halogens is 1. The van der Waals surface area contributed by atoms with Crippen LogP contribution in [0.1, 0.15) is 23.2 Å². The molecule has 1 fully saturated rings. The van der Waals surface area contributed by atoms with E-state index in [0.717, 1.165) is 19.0 Å². The molecule has 8 heteroatoms. The van der Waals surface area contributed by atoms with Crippen LogP contribution in [0.2, 0.25) is 5.15 Å². The van der Waals surface area contributed by atoms with Crippen molar-refractivity contribution in [3.8, 4) is 0 Å². The van der Waals surface area contributed by atoms with E-state index >= 15 is 0 Å². The highest BCUT2D eigenvalue weighted by atomic mass is 35.5. The van der Waals surface area contributed by atoms with Crippen LogP contribution in [-0.2, 0) is 4.74 Å². The molecule has 0 aromatic carbocycles. The van der Waals surface area contributed by atoms with Crippen molar-refractivity contribution in [3.05, 3.63) is 33.1 Å². The summed E-state index contributed by atoms with van der Waals surface area (Å²) in [6.07, 6.45) is 2.67. The molecule has 1 aliphatic rings. The summed E-state index contributed by atoms with van der Waals surface area (Å²) in [5.41, 5.74) is -0.325. The van der Waals surface area contributed by atoms with Crippen molar-refractivity contribution in [1.82, 2.24) is 9.88 Å². The SMILES string of the molecule is COCC1CCN(C(=O)c2cc(Cl)ncc2[N+](=O)[O-])CC1. The fraction of sp³-hybridized carbons (Fsp3) is 0.538. The fourth-order valence-corrected chi connectivity index (χ4v) is 2.61. The molecule has 1 amide bonds. The van der Waals surface area contributed by atoms with E-state index in [0.29, 0.717) is 25.6 Å². The van der Waals surface area contributed by atoms with Gasteiger partial charge >= 0.3 is 0 Å². The quantitative estimate of drug-likeness (QED) is 0.483. The highest BCUT2D eigenvalue weighted by Gasteiger charge is 2.28. The Hall–Kier alpha value is -1.73. The number of aromatic nitrogens is 1. The topological polar surface area (TPSA) is 85.6 Å². The number of nitro groups is 1. The minimum absolute atomic E-state index is 0.00908. The van der Waals surface area contributed by atoms with E-state index in [1.165, 1.54) is 6.07 Å². The zero-order valence-corrected chi connectivity index (χ0v) is 12.4. The van der Waals surface area contributed by atoms with Crippen LogP contribution in [0.25, 0.3) is 0 Å². The molecule has 0 atom stereocenters. The first kappa shape index (κ1) is 15.7. The number of hydrogen-bond donors (Lipinski definition) is 0. The van der Waals surface area contributed by atoms with Gasteiger partial charge in [0.05, 0.1) is 4.92 Å². The Morgan fingerprint density at radius 3 is 2.81 bits per heavy atom. The Bertz CT molecular complexity index is 544. The molecule has 0 aliphatic carbocycles. The highest BCUT2D eigenvalue weighted by Crippen LogP contribution is 2.25. The van der Waals surface area contributed by atoms with Gasteiger partial charge in [-0.05, 0) is 24.8 Å². The largest absolute Gasteiger partial charge is 0.384 e. The van der Waals surface area contributed by atoms with Gasteiger partial charge in [-0.2, -0.15) is 0 Å². The minimum atomic E-state index is -0.617. The lowest BCUT2D eigenvalue weighted by molar-refractivity contribution is -0.385. The second kappa shape index (κ2) is 6.82. The summed E-state index contributed by atoms with van der Waals surface area (Å²) in [5.74, 6) is 0.0527. The molecular weight excluding hydrogens is 298 g/mol. The van der Waals surface area contributed by atoms with Crippen LogP contribution in [0.15, 0.2) is 12.3 Å². The summed E-state index contributed by atoms with van der Waals surface area (Å²) >= 11 is 5.75. The van der Waals surface area contributed by atoms with E-state index in [4.69, 9.17) is 16.3 Å². The van der Waals surface area contributed by atoms with Crippen molar-refractivity contribution in [2.24, 2.45) is 5.92 Å². The average molecular weight is 314 g/mol. The lowest BCUT2D eigenvalue weighted by atomic mass is 9.97. The summed E-state index contributed by atoms with van der Waals surface area (Å²) in [4.78, 5) is 28.1. The molecule has 2 rings (SSSR count). The van der Waals surface area contributed by atoms with Gasteiger partial charge in [0.15, 0.2) is 0 Å². The van der Waals surface area contributed by atoms with Gasteiger partial charge < -0.3 is 9.64 Å². The number of ether oxygens (including phenoxy) is 1. The molecule has 0 unspecified atom stereocenters. The van der Waals surface area contributed by atoms with Crippen molar-refractivity contribution in [1.29, 1.82) is 0 Å². The zero-order valence-electron chi connectivity index (χ0n) is 11.6. The van der Waals surface area contributed by atoms with Crippen LogP contribution in [0, 0.1) is 16.0 Å². The molecule has 1 aliphatic heterocycles. The molecule has 1 aromatic rings. The number of amides is 1. The molecule has 0 N–H and O–H groups in total. The van der Waals surface area contributed by atoms with Crippen LogP contribution in [0.5, 0.6) is 0 Å². The lowest BCUT2D eigenvalue weighted by Gasteiger charge is -2.31. The van der Waals surface area contributed by atoms with Crippen molar-refractivity contribution in [2.45, 2.75) is 12.8 Å². The Kier molecular flexibility index (Phi) is 5.08. The Labute approximate surface area is 127 Å². The Balaban J connectivity index is 2.14. The van der Waals surface area contributed by atoms with Crippen LogP contribution < -0.4 is 0 Å². The third-order valence-corrected chi connectivity index (χ3v) is 3.79. The molecule has 0 radical (unpaired) electrons. The summed E-state index contributed by atoms with van der Waals surface area (Å²) in [6.45, 7) is 1.79. The number of likely N-dealkylation sites (tertiary alicyclic amines) is 1. The molecule has 1 aromatic heterocycles. The Morgan fingerprint density at radius 2 is 2.24 bits per heavy atom. The second-order valence-electron chi connectivity index (χ2n) is 4.97. The van der Waals surface area contributed by atoms with E-state index < -0.39 is 4.92 Å². The maximum Gasteiger partial charge on any atom is 0.300 e. The molecule has 114 valence electrons. The summed E-state index contributed by atoms with van der Waals surface area (Å²) < 4.78 is 5.11. The predicted octanol–water partition coefficient (Wildman–Crippen LogP) is 2.14. The third kappa shape index (κ3) is 3.68. The van der Waals surface area contributed by atoms with E-state index in [9.17, 15) is 14.9 Å². The van der Waals surface area contributed by atoms with Gasteiger partial charge in [-0.25, -0.2) is 4.98 Å². The average Bonchev–Trinajstić information content (AvgIpc) is 2.47. The second-order valence-corrected chi connectivity index (χ2v) is 5.36. The minimum Gasteiger partial charge on any atom is -0.384 e. The monoisotopic (exact) mass is 313 g/mol. The molecule has 0 saturated carbocycles. The smallest absolute Gasteiger partial charge is 0.300 e. The molecule has 21 heavy (non-hydrogen) atoms. The van der Waals surface area contributed by atoms with Crippen LogP contribution in [0.4, 0.5) is 5.69 Å². The van der Waals surface area contributed by atoms with Crippen molar-refractivity contribution in [2.75, 3.05) is 26.8 Å². The van der Waals surface area contributed by atoms with Crippen molar-refractivity contribution < 1.29 is 14.5 Å². The summed E-state index contributed by atoms with van der Waals surface area (Å²) in [5, 5.41) is 11.1. The van der Waals surface area contributed by atoms with Gasteiger partial charge in [-0.1, -0.05) is 11.6 Å². The number of methoxy groups -OCH3 is 1. The fourth-order valence-electron chi connectivity index (χ4n) is 2.45. The van der Waals surface area contributed by atoms with E-state index in [-0.39, 0.29) is 22.3 Å². The molecule has 0 spiro atoms. The van der Waals surface area contributed by atoms with Gasteiger partial charge in [0, 0.05) is 26.8 Å². The first-order valence-corrected chi connectivity index (χ1v) is 6.99. The highest BCUT2D eigenvalue weighted by molar-refractivity contribution is 6.29. The van der Waals surface area contributed by atoms with Gasteiger partial charge in [-0.15, -0.1) is 0 Å². The van der Waals surface area contributed by atoms with Crippen LogP contribution >= 0.6 is 11.6 Å². The maximum absolute atomic E-state index is 12.4. The first-order chi connectivity index (χ1) is 10.0. The van der Waals surface area contributed by atoms with E-state index in [1.54, 1.807) is 12.0 Å². The normalized spacial score (nSPS) is 16.0. The number of hydrogen-bond acceptors (Lipinski definition) is 5. The molecule has 1 saturated heterocycles. The van der Waals surface area contributed by atoms with Gasteiger partial charge in [0.25, 0.3) is 11.6 Å². The van der Waals surface area contributed by atoms with E-state index in [2.05, 4.69) is 4.98 Å². The van der Waals surface area contributed by atoms with Crippen LogP contribution in [-0.4, -0.2) is 47.5 Å². The molecule has 7 nitrogen and oxygen atoms in total.